The highest BCUT2D eigenvalue weighted by molar-refractivity contribution is 9.10. The van der Waals surface area contributed by atoms with E-state index in [4.69, 9.17) is 5.14 Å². The molecule has 0 spiro atoms. The van der Waals surface area contributed by atoms with Crippen LogP contribution in [0.2, 0.25) is 0 Å². The van der Waals surface area contributed by atoms with Crippen molar-refractivity contribution in [2.24, 2.45) is 11.1 Å². The standard InChI is InChI=1S/C13H18BrN3O4S/c14-11-6-10(22(15,20)21)7-12(17(18)19)13(11)16-8-9-4-2-1-3-5-9/h6-7,9,16H,1-5,8H2,(H2,15,20,21). The van der Waals surface area contributed by atoms with Gasteiger partial charge < -0.3 is 5.32 Å². The molecule has 0 saturated heterocycles. The van der Waals surface area contributed by atoms with Crippen LogP contribution >= 0.6 is 15.9 Å². The second-order valence-electron chi connectivity index (χ2n) is 5.49. The first-order valence-electron chi connectivity index (χ1n) is 7.03. The molecule has 1 aliphatic carbocycles. The van der Waals surface area contributed by atoms with Gasteiger partial charge in [-0.1, -0.05) is 19.3 Å². The van der Waals surface area contributed by atoms with Crippen molar-refractivity contribution in [2.45, 2.75) is 37.0 Å². The molecule has 1 aromatic carbocycles. The fourth-order valence-corrected chi connectivity index (χ4v) is 3.99. The van der Waals surface area contributed by atoms with Gasteiger partial charge in [-0.3, -0.25) is 10.1 Å². The summed E-state index contributed by atoms with van der Waals surface area (Å²) in [6.45, 7) is 0.633. The van der Waals surface area contributed by atoms with E-state index in [0.717, 1.165) is 18.9 Å². The van der Waals surface area contributed by atoms with Crippen molar-refractivity contribution in [3.63, 3.8) is 0 Å². The average molecular weight is 392 g/mol. The SMILES string of the molecule is NS(=O)(=O)c1cc(Br)c(NCC2CCCCC2)c([N+](=O)[O-])c1. The van der Waals surface area contributed by atoms with Gasteiger partial charge in [0.05, 0.1) is 9.82 Å². The Kier molecular flexibility index (Phi) is 5.41. The Hall–Kier alpha value is -1.19. The third-order valence-corrected chi connectivity index (χ3v) is 5.38. The summed E-state index contributed by atoms with van der Waals surface area (Å²) in [6.07, 6.45) is 5.81. The van der Waals surface area contributed by atoms with Gasteiger partial charge in [0.2, 0.25) is 10.0 Å². The lowest BCUT2D eigenvalue weighted by Gasteiger charge is -2.22. The molecular formula is C13H18BrN3O4S. The predicted molar refractivity (Wildman–Crippen MR) is 87.2 cm³/mol. The maximum Gasteiger partial charge on any atom is 0.294 e. The lowest BCUT2D eigenvalue weighted by Crippen LogP contribution is -2.18. The van der Waals surface area contributed by atoms with E-state index in [-0.39, 0.29) is 10.6 Å². The Balaban J connectivity index is 2.27. The normalized spacial score (nSPS) is 16.5. The van der Waals surface area contributed by atoms with E-state index in [2.05, 4.69) is 21.2 Å². The van der Waals surface area contributed by atoms with Crippen LogP contribution in [0.4, 0.5) is 11.4 Å². The van der Waals surface area contributed by atoms with Crippen molar-refractivity contribution in [1.29, 1.82) is 0 Å². The minimum atomic E-state index is -4.00. The van der Waals surface area contributed by atoms with Crippen LogP contribution in [0.3, 0.4) is 0 Å². The molecule has 1 aromatic rings. The molecule has 0 unspecified atom stereocenters. The van der Waals surface area contributed by atoms with Gasteiger partial charge >= 0.3 is 0 Å². The molecule has 0 aromatic heterocycles. The zero-order valence-corrected chi connectivity index (χ0v) is 14.3. The smallest absolute Gasteiger partial charge is 0.294 e. The molecule has 0 heterocycles. The van der Waals surface area contributed by atoms with E-state index in [1.807, 2.05) is 0 Å². The van der Waals surface area contributed by atoms with Crippen molar-refractivity contribution in [3.8, 4) is 0 Å². The summed E-state index contributed by atoms with van der Waals surface area (Å²) in [5, 5.41) is 19.3. The van der Waals surface area contributed by atoms with Gasteiger partial charge in [-0.2, -0.15) is 0 Å². The van der Waals surface area contributed by atoms with Crippen molar-refractivity contribution in [2.75, 3.05) is 11.9 Å². The topological polar surface area (TPSA) is 115 Å². The molecular weight excluding hydrogens is 374 g/mol. The number of primary sulfonamides is 1. The highest BCUT2D eigenvalue weighted by Crippen LogP contribution is 2.36. The average Bonchev–Trinajstić information content (AvgIpc) is 2.45. The Morgan fingerprint density at radius 1 is 1.32 bits per heavy atom. The molecule has 0 atom stereocenters. The van der Waals surface area contributed by atoms with Gasteiger partial charge in [-0.15, -0.1) is 0 Å². The molecule has 0 amide bonds. The second-order valence-corrected chi connectivity index (χ2v) is 7.90. The number of anilines is 1. The van der Waals surface area contributed by atoms with Gasteiger partial charge in [0, 0.05) is 17.1 Å². The Morgan fingerprint density at radius 3 is 2.50 bits per heavy atom. The Morgan fingerprint density at radius 2 is 1.95 bits per heavy atom. The predicted octanol–water partition coefficient (Wildman–Crippen LogP) is 3.00. The van der Waals surface area contributed by atoms with Crippen LogP contribution in [-0.2, 0) is 10.0 Å². The summed E-state index contributed by atoms with van der Waals surface area (Å²) in [4.78, 5) is 10.3. The molecule has 122 valence electrons. The number of nitrogens with two attached hydrogens (primary N) is 1. The van der Waals surface area contributed by atoms with Crippen molar-refractivity contribution in [3.05, 3.63) is 26.7 Å². The van der Waals surface area contributed by atoms with Crippen molar-refractivity contribution in [1.82, 2.24) is 0 Å². The molecule has 9 heteroatoms. The molecule has 1 saturated carbocycles. The Bertz CT molecular complexity index is 672. The Labute approximate surface area is 137 Å². The minimum Gasteiger partial charge on any atom is -0.378 e. The lowest BCUT2D eigenvalue weighted by atomic mass is 9.89. The molecule has 7 nitrogen and oxygen atoms in total. The number of benzene rings is 1. The zero-order valence-electron chi connectivity index (χ0n) is 11.9. The van der Waals surface area contributed by atoms with Gasteiger partial charge in [0.1, 0.15) is 5.69 Å². The number of nitrogens with zero attached hydrogens (tertiary/aromatic N) is 1. The van der Waals surface area contributed by atoms with Gasteiger partial charge in [-0.25, -0.2) is 13.6 Å². The van der Waals surface area contributed by atoms with Crippen molar-refractivity contribution >= 4 is 37.3 Å². The van der Waals surface area contributed by atoms with Crippen LogP contribution < -0.4 is 10.5 Å². The molecule has 0 aliphatic heterocycles. The minimum absolute atomic E-state index is 0.283. The van der Waals surface area contributed by atoms with Crippen LogP contribution in [0.5, 0.6) is 0 Å². The maximum atomic E-state index is 11.4. The van der Waals surface area contributed by atoms with E-state index in [0.29, 0.717) is 22.6 Å². The first-order chi connectivity index (χ1) is 10.3. The van der Waals surface area contributed by atoms with Crippen LogP contribution in [0.15, 0.2) is 21.5 Å². The molecule has 1 aliphatic rings. The van der Waals surface area contributed by atoms with Crippen LogP contribution in [-0.4, -0.2) is 19.9 Å². The van der Waals surface area contributed by atoms with Crippen LogP contribution in [0, 0.1) is 16.0 Å². The van der Waals surface area contributed by atoms with Gasteiger partial charge in [0.15, 0.2) is 0 Å². The molecule has 0 radical (unpaired) electrons. The second kappa shape index (κ2) is 6.93. The number of nitro groups is 1. The first kappa shape index (κ1) is 17.2. The molecule has 1 fully saturated rings. The fraction of sp³-hybridized carbons (Fsp3) is 0.538. The number of halogens is 1. The third-order valence-electron chi connectivity index (χ3n) is 3.86. The largest absolute Gasteiger partial charge is 0.378 e. The molecule has 0 bridgehead atoms. The van der Waals surface area contributed by atoms with Gasteiger partial charge in [-0.05, 0) is 40.8 Å². The molecule has 22 heavy (non-hydrogen) atoms. The summed E-state index contributed by atoms with van der Waals surface area (Å²) in [6, 6.07) is 2.27. The summed E-state index contributed by atoms with van der Waals surface area (Å²) in [5.74, 6) is 0.484. The van der Waals surface area contributed by atoms with E-state index < -0.39 is 14.9 Å². The number of hydrogen-bond donors (Lipinski definition) is 2. The van der Waals surface area contributed by atoms with E-state index >= 15 is 0 Å². The van der Waals surface area contributed by atoms with E-state index in [9.17, 15) is 18.5 Å². The number of rotatable bonds is 5. The monoisotopic (exact) mass is 391 g/mol. The highest BCUT2D eigenvalue weighted by Gasteiger charge is 2.23. The number of nitro benzene ring substituents is 1. The summed E-state index contributed by atoms with van der Waals surface area (Å²) >= 11 is 3.20. The fourth-order valence-electron chi connectivity index (χ4n) is 2.69. The van der Waals surface area contributed by atoms with Gasteiger partial charge in [0.25, 0.3) is 5.69 Å². The summed E-state index contributed by atoms with van der Waals surface area (Å²) in [5.41, 5.74) is -0.00261. The number of sulfonamides is 1. The zero-order chi connectivity index (χ0) is 16.3. The summed E-state index contributed by atoms with van der Waals surface area (Å²) in [7, 11) is -4.00. The number of hydrogen-bond acceptors (Lipinski definition) is 5. The lowest BCUT2D eigenvalue weighted by molar-refractivity contribution is -0.384. The van der Waals surface area contributed by atoms with E-state index in [1.165, 1.54) is 25.3 Å². The number of nitrogens with one attached hydrogen (secondary N) is 1. The van der Waals surface area contributed by atoms with Crippen LogP contribution in [0.25, 0.3) is 0 Å². The molecule has 2 rings (SSSR count). The quantitative estimate of drug-likeness (QED) is 0.590. The first-order valence-corrected chi connectivity index (χ1v) is 9.37. The third kappa shape index (κ3) is 4.17. The van der Waals surface area contributed by atoms with E-state index in [1.54, 1.807) is 0 Å². The highest BCUT2D eigenvalue weighted by atomic mass is 79.9. The van der Waals surface area contributed by atoms with Crippen LogP contribution in [0.1, 0.15) is 32.1 Å². The van der Waals surface area contributed by atoms with Crippen molar-refractivity contribution < 1.29 is 13.3 Å². The maximum absolute atomic E-state index is 11.4. The molecule has 3 N–H and O–H groups in total. The summed E-state index contributed by atoms with van der Waals surface area (Å²) < 4.78 is 23.1.